The second kappa shape index (κ2) is 2.65. The maximum Gasteiger partial charge on any atom is 0.348 e. The van der Waals surface area contributed by atoms with Gasteiger partial charge in [0.15, 0.2) is 0 Å². The molecule has 12 heavy (non-hydrogen) atoms. The monoisotopic (exact) mass is 169 g/mol. The maximum atomic E-state index is 10.8. The number of hydrogen-bond acceptors (Lipinski definition) is 4. The Morgan fingerprint density at radius 1 is 1.75 bits per heavy atom. The molecule has 0 amide bonds. The van der Waals surface area contributed by atoms with E-state index in [1.807, 2.05) is 0 Å². The van der Waals surface area contributed by atoms with Gasteiger partial charge in [0.2, 0.25) is 0 Å². The number of carboxylic acids is 1. The lowest BCUT2D eigenvalue weighted by Gasteiger charge is -2.03. The fraction of sp³-hybridized carbons (Fsp3) is 0.167. The predicted molar refractivity (Wildman–Crippen MR) is 40.8 cm³/mol. The molecule has 0 saturated carbocycles. The van der Waals surface area contributed by atoms with Gasteiger partial charge >= 0.3 is 11.7 Å². The summed E-state index contributed by atoms with van der Waals surface area (Å²) in [6.45, 7) is 0. The van der Waals surface area contributed by atoms with E-state index in [0.717, 1.165) is 10.8 Å². The van der Waals surface area contributed by atoms with Gasteiger partial charge in [0.05, 0.1) is 6.20 Å². The van der Waals surface area contributed by atoms with E-state index < -0.39 is 11.7 Å². The van der Waals surface area contributed by atoms with Crippen molar-refractivity contribution < 1.29 is 9.90 Å². The van der Waals surface area contributed by atoms with Crippen LogP contribution in [0.1, 0.15) is 10.4 Å². The average Bonchev–Trinajstić information content (AvgIpc) is 2.00. The number of carbonyl (C=O) groups is 1. The zero-order valence-electron chi connectivity index (χ0n) is 6.31. The van der Waals surface area contributed by atoms with Gasteiger partial charge in [0, 0.05) is 7.05 Å². The highest BCUT2D eigenvalue weighted by molar-refractivity contribution is 5.92. The summed E-state index contributed by atoms with van der Waals surface area (Å²) in [5.41, 5.74) is 4.59. The van der Waals surface area contributed by atoms with Gasteiger partial charge < -0.3 is 10.8 Å². The Bertz CT molecular complexity index is 382. The van der Waals surface area contributed by atoms with E-state index >= 15 is 0 Å². The molecule has 0 aliphatic rings. The van der Waals surface area contributed by atoms with Gasteiger partial charge in [0.1, 0.15) is 11.4 Å². The Labute approximate surface area is 67.3 Å². The number of hydrogen-bond donors (Lipinski definition) is 2. The summed E-state index contributed by atoms with van der Waals surface area (Å²) in [6.07, 6.45) is 0.944. The third kappa shape index (κ3) is 1.14. The van der Waals surface area contributed by atoms with E-state index in [4.69, 9.17) is 10.8 Å². The zero-order chi connectivity index (χ0) is 9.30. The second-order valence-corrected chi connectivity index (χ2v) is 2.20. The smallest absolute Gasteiger partial charge is 0.348 e. The number of nitrogens with zero attached hydrogens (tertiary/aromatic N) is 2. The van der Waals surface area contributed by atoms with Crippen LogP contribution in [0.4, 0.5) is 5.82 Å². The molecular formula is C6H7N3O3. The summed E-state index contributed by atoms with van der Waals surface area (Å²) < 4.78 is 0.976. The topological polar surface area (TPSA) is 98.2 Å². The molecule has 0 aromatic carbocycles. The molecule has 0 aliphatic carbocycles. The van der Waals surface area contributed by atoms with Gasteiger partial charge in [0.25, 0.3) is 0 Å². The standard InChI is InChI=1S/C6H7N3O3/c1-9-4(7)3(5(10)11)2-8-6(9)12/h2H,7H2,1H3,(H,10,11). The van der Waals surface area contributed by atoms with Crippen molar-refractivity contribution in [2.75, 3.05) is 5.73 Å². The summed E-state index contributed by atoms with van der Waals surface area (Å²) in [7, 11) is 1.36. The number of nitrogen functional groups attached to an aromatic ring is 1. The average molecular weight is 169 g/mol. The molecule has 0 aliphatic heterocycles. The van der Waals surface area contributed by atoms with Crippen molar-refractivity contribution in [2.45, 2.75) is 0 Å². The molecule has 1 aromatic rings. The van der Waals surface area contributed by atoms with Crippen molar-refractivity contribution in [2.24, 2.45) is 7.05 Å². The Balaban J connectivity index is 3.47. The van der Waals surface area contributed by atoms with Gasteiger partial charge in [-0.3, -0.25) is 4.57 Å². The Hall–Kier alpha value is -1.85. The van der Waals surface area contributed by atoms with Crippen molar-refractivity contribution in [1.29, 1.82) is 0 Å². The molecular weight excluding hydrogens is 162 g/mol. The van der Waals surface area contributed by atoms with E-state index in [0.29, 0.717) is 0 Å². The molecule has 0 atom stereocenters. The molecule has 0 fully saturated rings. The minimum absolute atomic E-state index is 0.0949. The Morgan fingerprint density at radius 3 is 2.83 bits per heavy atom. The van der Waals surface area contributed by atoms with Crippen molar-refractivity contribution >= 4 is 11.8 Å². The molecule has 64 valence electrons. The summed E-state index contributed by atoms with van der Waals surface area (Å²) in [5.74, 6) is -1.29. The van der Waals surface area contributed by atoms with Crippen LogP contribution in [0.2, 0.25) is 0 Å². The van der Waals surface area contributed by atoms with Crippen LogP contribution < -0.4 is 11.4 Å². The number of anilines is 1. The maximum absolute atomic E-state index is 10.8. The lowest BCUT2D eigenvalue weighted by molar-refractivity contribution is 0.0696. The number of rotatable bonds is 1. The molecule has 6 heteroatoms. The molecule has 0 bridgehead atoms. The summed E-state index contributed by atoms with van der Waals surface area (Å²) in [6, 6.07) is 0. The molecule has 1 rings (SSSR count). The van der Waals surface area contributed by atoms with E-state index in [2.05, 4.69) is 4.98 Å². The zero-order valence-corrected chi connectivity index (χ0v) is 6.31. The van der Waals surface area contributed by atoms with Gasteiger partial charge in [-0.05, 0) is 0 Å². The van der Waals surface area contributed by atoms with Crippen LogP contribution in [0.3, 0.4) is 0 Å². The number of aromatic nitrogens is 2. The van der Waals surface area contributed by atoms with Crippen molar-refractivity contribution in [1.82, 2.24) is 9.55 Å². The molecule has 0 unspecified atom stereocenters. The lowest BCUT2D eigenvalue weighted by atomic mass is 10.3. The first-order valence-corrected chi connectivity index (χ1v) is 3.09. The highest BCUT2D eigenvalue weighted by Gasteiger charge is 2.10. The number of aromatic carboxylic acids is 1. The quantitative estimate of drug-likeness (QED) is 0.565. The van der Waals surface area contributed by atoms with Gasteiger partial charge in [-0.1, -0.05) is 0 Å². The molecule has 0 spiro atoms. The lowest BCUT2D eigenvalue weighted by Crippen LogP contribution is -2.24. The Kier molecular flexibility index (Phi) is 1.82. The van der Waals surface area contributed by atoms with E-state index in [-0.39, 0.29) is 11.4 Å². The molecule has 0 radical (unpaired) electrons. The molecule has 6 nitrogen and oxygen atoms in total. The molecule has 3 N–H and O–H groups in total. The SMILES string of the molecule is Cn1c(N)c(C(=O)O)cnc1=O. The third-order valence-electron chi connectivity index (χ3n) is 1.46. The second-order valence-electron chi connectivity index (χ2n) is 2.20. The number of carboxylic acid groups (broad SMARTS) is 1. The van der Waals surface area contributed by atoms with Gasteiger partial charge in [-0.15, -0.1) is 0 Å². The molecule has 1 aromatic heterocycles. The molecule has 1 heterocycles. The van der Waals surface area contributed by atoms with E-state index in [1.54, 1.807) is 0 Å². The molecule has 0 saturated heterocycles. The first-order valence-electron chi connectivity index (χ1n) is 3.09. The van der Waals surface area contributed by atoms with Crippen LogP contribution in [-0.2, 0) is 7.05 Å². The van der Waals surface area contributed by atoms with Gasteiger partial charge in [-0.25, -0.2) is 14.6 Å². The highest BCUT2D eigenvalue weighted by atomic mass is 16.4. The minimum Gasteiger partial charge on any atom is -0.478 e. The van der Waals surface area contributed by atoms with Gasteiger partial charge in [-0.2, -0.15) is 0 Å². The summed E-state index contributed by atoms with van der Waals surface area (Å²) in [4.78, 5) is 24.6. The van der Waals surface area contributed by atoms with Crippen molar-refractivity contribution in [3.63, 3.8) is 0 Å². The fourth-order valence-corrected chi connectivity index (χ4v) is 0.721. The Morgan fingerprint density at radius 2 is 2.33 bits per heavy atom. The summed E-state index contributed by atoms with van der Waals surface area (Å²) in [5, 5.41) is 8.55. The van der Waals surface area contributed by atoms with Crippen LogP contribution in [-0.4, -0.2) is 20.6 Å². The third-order valence-corrected chi connectivity index (χ3v) is 1.46. The first kappa shape index (κ1) is 8.25. The van der Waals surface area contributed by atoms with E-state index in [1.165, 1.54) is 7.05 Å². The van der Waals surface area contributed by atoms with E-state index in [9.17, 15) is 9.59 Å². The fourth-order valence-electron chi connectivity index (χ4n) is 0.721. The normalized spacial score (nSPS) is 9.75. The van der Waals surface area contributed by atoms with Crippen LogP contribution in [0.5, 0.6) is 0 Å². The summed E-state index contributed by atoms with van der Waals surface area (Å²) >= 11 is 0. The number of nitrogens with two attached hydrogens (primary N) is 1. The van der Waals surface area contributed by atoms with Crippen LogP contribution >= 0.6 is 0 Å². The van der Waals surface area contributed by atoms with Crippen LogP contribution in [0.25, 0.3) is 0 Å². The van der Waals surface area contributed by atoms with Crippen molar-refractivity contribution in [3.8, 4) is 0 Å². The largest absolute Gasteiger partial charge is 0.478 e. The highest BCUT2D eigenvalue weighted by Crippen LogP contribution is 2.04. The van der Waals surface area contributed by atoms with Crippen LogP contribution in [0, 0.1) is 0 Å². The van der Waals surface area contributed by atoms with Crippen molar-refractivity contribution in [3.05, 3.63) is 22.2 Å². The predicted octanol–water partition coefficient (Wildman–Crippen LogP) is -0.939. The van der Waals surface area contributed by atoms with Crippen LogP contribution in [0.15, 0.2) is 11.0 Å². The minimum atomic E-state index is -1.20. The first-order chi connectivity index (χ1) is 5.54.